The minimum absolute atomic E-state index is 0.197. The first kappa shape index (κ1) is 21.9. The number of aromatic hydroxyl groups is 1. The van der Waals surface area contributed by atoms with Crippen LogP contribution < -0.4 is 4.74 Å². The highest BCUT2D eigenvalue weighted by Crippen LogP contribution is 2.41. The highest BCUT2D eigenvalue weighted by Gasteiger charge is 2.27. The summed E-state index contributed by atoms with van der Waals surface area (Å²) < 4.78 is 11.6. The third-order valence-electron chi connectivity index (χ3n) is 5.17. The van der Waals surface area contributed by atoms with E-state index in [1.165, 1.54) is 5.56 Å². The number of phenolic OH excluding ortho intramolecular Hbond substituents is 1. The second-order valence-electron chi connectivity index (χ2n) is 9.98. The molecule has 0 aliphatic carbocycles. The Hall–Kier alpha value is -2.75. The third kappa shape index (κ3) is 5.05. The van der Waals surface area contributed by atoms with Crippen LogP contribution in [0.4, 0.5) is 0 Å². The van der Waals surface area contributed by atoms with Crippen LogP contribution in [-0.2, 0) is 17.3 Å². The van der Waals surface area contributed by atoms with Crippen LogP contribution in [0.5, 0.6) is 11.5 Å². The molecule has 1 aromatic heterocycles. The van der Waals surface area contributed by atoms with Gasteiger partial charge in [-0.3, -0.25) is 0 Å². The van der Waals surface area contributed by atoms with Gasteiger partial charge in [-0.1, -0.05) is 59.2 Å². The Morgan fingerprint density at radius 1 is 0.933 bits per heavy atom. The van der Waals surface area contributed by atoms with Crippen LogP contribution in [0, 0.1) is 6.92 Å². The quantitative estimate of drug-likeness (QED) is 0.519. The van der Waals surface area contributed by atoms with Crippen LogP contribution in [0.1, 0.15) is 63.9 Å². The molecule has 1 heterocycles. The summed E-state index contributed by atoms with van der Waals surface area (Å²) in [5.74, 6) is 1.78. The summed E-state index contributed by atoms with van der Waals surface area (Å²) in [6, 6.07) is 12.0. The number of oxazole rings is 1. The fourth-order valence-electron chi connectivity index (χ4n) is 3.36. The predicted octanol–water partition coefficient (Wildman–Crippen LogP) is 6.57. The second-order valence-corrected chi connectivity index (χ2v) is 9.98. The molecule has 0 aliphatic rings. The first-order valence-corrected chi connectivity index (χ1v) is 10.5. The minimum Gasteiger partial charge on any atom is -0.507 e. The van der Waals surface area contributed by atoms with E-state index in [0.717, 1.165) is 28.1 Å². The molecule has 0 spiro atoms. The van der Waals surface area contributed by atoms with Crippen LogP contribution in [0.25, 0.3) is 11.5 Å². The number of rotatable bonds is 5. The largest absolute Gasteiger partial charge is 0.507 e. The Morgan fingerprint density at radius 3 is 2.03 bits per heavy atom. The molecular formula is C26H33NO3. The summed E-state index contributed by atoms with van der Waals surface area (Å²) in [6.45, 7) is 15.2. The maximum absolute atomic E-state index is 10.9. The van der Waals surface area contributed by atoms with Crippen LogP contribution >= 0.6 is 0 Å². The van der Waals surface area contributed by atoms with E-state index >= 15 is 0 Å². The molecule has 0 aliphatic heterocycles. The highest BCUT2D eigenvalue weighted by atomic mass is 16.5. The van der Waals surface area contributed by atoms with Gasteiger partial charge in [0.2, 0.25) is 5.89 Å². The lowest BCUT2D eigenvalue weighted by Gasteiger charge is -2.27. The predicted molar refractivity (Wildman–Crippen MR) is 121 cm³/mol. The Kier molecular flexibility index (Phi) is 5.98. The first-order valence-electron chi connectivity index (χ1n) is 10.5. The Bertz CT molecular complexity index is 967. The lowest BCUT2D eigenvalue weighted by atomic mass is 9.78. The van der Waals surface area contributed by atoms with Crippen LogP contribution in [-0.4, -0.2) is 16.7 Å². The maximum atomic E-state index is 10.9. The lowest BCUT2D eigenvalue weighted by molar-refractivity contribution is 0.320. The van der Waals surface area contributed by atoms with Gasteiger partial charge in [-0.25, -0.2) is 4.98 Å². The van der Waals surface area contributed by atoms with E-state index in [2.05, 4.69) is 53.5 Å². The molecule has 0 unspecified atom stereocenters. The average molecular weight is 408 g/mol. The lowest BCUT2D eigenvalue weighted by Crippen LogP contribution is -2.17. The SMILES string of the molecule is Cc1ccc(OCCc2coc(-c3cc(C(C)(C)C)c(O)c(C(C)(C)C)c3)n2)cc1. The van der Waals surface area contributed by atoms with Crippen molar-refractivity contribution in [1.82, 2.24) is 4.98 Å². The topological polar surface area (TPSA) is 55.5 Å². The van der Waals surface area contributed by atoms with Crippen molar-refractivity contribution in [2.45, 2.75) is 65.7 Å². The number of phenols is 1. The van der Waals surface area contributed by atoms with E-state index in [1.54, 1.807) is 6.26 Å². The van der Waals surface area contributed by atoms with Gasteiger partial charge in [0.25, 0.3) is 0 Å². The summed E-state index contributed by atoms with van der Waals surface area (Å²) in [5.41, 5.74) is 4.34. The molecule has 0 saturated heterocycles. The molecular weight excluding hydrogens is 374 g/mol. The number of benzene rings is 2. The Labute approximate surface area is 179 Å². The van der Waals surface area contributed by atoms with Crippen LogP contribution in [0.15, 0.2) is 47.1 Å². The van der Waals surface area contributed by atoms with Crippen molar-refractivity contribution >= 4 is 0 Å². The molecule has 4 nitrogen and oxygen atoms in total. The molecule has 1 N–H and O–H groups in total. The van der Waals surface area contributed by atoms with Gasteiger partial charge in [0.05, 0.1) is 12.3 Å². The number of ether oxygens (including phenoxy) is 1. The normalized spacial score (nSPS) is 12.2. The fraction of sp³-hybridized carbons (Fsp3) is 0.423. The molecule has 3 rings (SSSR count). The van der Waals surface area contributed by atoms with Gasteiger partial charge in [-0.05, 0) is 42.0 Å². The zero-order valence-electron chi connectivity index (χ0n) is 19.2. The van der Waals surface area contributed by atoms with E-state index in [0.29, 0.717) is 24.7 Å². The molecule has 0 radical (unpaired) electrons. The average Bonchev–Trinajstić information content (AvgIpc) is 3.10. The van der Waals surface area contributed by atoms with E-state index < -0.39 is 0 Å². The summed E-state index contributed by atoms with van der Waals surface area (Å²) in [6.07, 6.45) is 2.35. The van der Waals surface area contributed by atoms with Crippen LogP contribution in [0.3, 0.4) is 0 Å². The second kappa shape index (κ2) is 8.17. The van der Waals surface area contributed by atoms with E-state index in [4.69, 9.17) is 9.15 Å². The van der Waals surface area contributed by atoms with Crippen molar-refractivity contribution in [3.63, 3.8) is 0 Å². The zero-order valence-corrected chi connectivity index (χ0v) is 19.2. The summed E-state index contributed by atoms with van der Waals surface area (Å²) in [7, 11) is 0. The fourth-order valence-corrected chi connectivity index (χ4v) is 3.36. The van der Waals surface area contributed by atoms with E-state index in [-0.39, 0.29) is 10.8 Å². The standard InChI is InChI=1S/C26H33NO3/c1-17-8-10-20(11-9-17)29-13-12-19-16-30-24(27-19)18-14-21(25(2,3)4)23(28)22(15-18)26(5,6)7/h8-11,14-16,28H,12-13H2,1-7H3. The summed E-state index contributed by atoms with van der Waals surface area (Å²) in [4.78, 5) is 4.67. The third-order valence-corrected chi connectivity index (χ3v) is 5.17. The van der Waals surface area contributed by atoms with Gasteiger partial charge in [-0.15, -0.1) is 0 Å². The van der Waals surface area contributed by atoms with Gasteiger partial charge < -0.3 is 14.3 Å². The Morgan fingerprint density at radius 2 is 1.50 bits per heavy atom. The molecule has 3 aromatic rings. The summed E-state index contributed by atoms with van der Waals surface area (Å²) >= 11 is 0. The number of nitrogens with zero attached hydrogens (tertiary/aromatic N) is 1. The number of aromatic nitrogens is 1. The number of hydrogen-bond donors (Lipinski definition) is 1. The van der Waals surface area contributed by atoms with Crippen molar-refractivity contribution in [2.24, 2.45) is 0 Å². The molecule has 0 fully saturated rings. The van der Waals surface area contributed by atoms with Gasteiger partial charge in [-0.2, -0.15) is 0 Å². The van der Waals surface area contributed by atoms with E-state index in [9.17, 15) is 5.11 Å². The molecule has 4 heteroatoms. The maximum Gasteiger partial charge on any atom is 0.226 e. The minimum atomic E-state index is -0.197. The molecule has 2 aromatic carbocycles. The van der Waals surface area contributed by atoms with Crippen molar-refractivity contribution in [3.8, 4) is 23.0 Å². The molecule has 30 heavy (non-hydrogen) atoms. The van der Waals surface area contributed by atoms with Crippen molar-refractivity contribution in [2.75, 3.05) is 6.61 Å². The zero-order chi connectivity index (χ0) is 22.1. The van der Waals surface area contributed by atoms with Crippen molar-refractivity contribution in [1.29, 1.82) is 0 Å². The number of hydrogen-bond acceptors (Lipinski definition) is 4. The Balaban J connectivity index is 1.82. The monoisotopic (exact) mass is 407 g/mol. The van der Waals surface area contributed by atoms with E-state index in [1.807, 2.05) is 36.4 Å². The smallest absolute Gasteiger partial charge is 0.226 e. The van der Waals surface area contributed by atoms with Gasteiger partial charge in [0.1, 0.15) is 17.8 Å². The molecule has 0 bridgehead atoms. The summed E-state index contributed by atoms with van der Waals surface area (Å²) in [5, 5.41) is 10.9. The molecule has 160 valence electrons. The molecule has 0 amide bonds. The van der Waals surface area contributed by atoms with Crippen LogP contribution in [0.2, 0.25) is 0 Å². The van der Waals surface area contributed by atoms with Crippen molar-refractivity contribution in [3.05, 3.63) is 65.0 Å². The van der Waals surface area contributed by atoms with Gasteiger partial charge in [0, 0.05) is 23.1 Å². The first-order chi connectivity index (χ1) is 13.9. The van der Waals surface area contributed by atoms with Crippen molar-refractivity contribution < 1.29 is 14.3 Å². The molecule has 0 saturated carbocycles. The molecule has 0 atom stereocenters. The highest BCUT2D eigenvalue weighted by molar-refractivity contribution is 5.63. The van der Waals surface area contributed by atoms with Gasteiger partial charge >= 0.3 is 0 Å². The van der Waals surface area contributed by atoms with Gasteiger partial charge in [0.15, 0.2) is 0 Å². The number of aryl methyl sites for hydroxylation is 1.